The van der Waals surface area contributed by atoms with Gasteiger partial charge in [0.1, 0.15) is 0 Å². The van der Waals surface area contributed by atoms with Crippen molar-refractivity contribution in [1.82, 2.24) is 20.0 Å². The van der Waals surface area contributed by atoms with E-state index in [2.05, 4.69) is 10.4 Å². The van der Waals surface area contributed by atoms with Gasteiger partial charge in [-0.15, -0.1) is 0 Å². The minimum Gasteiger partial charge on any atom is -0.379 e. The summed E-state index contributed by atoms with van der Waals surface area (Å²) < 4.78 is 7.09. The molecule has 1 N–H and O–H groups in total. The lowest BCUT2D eigenvalue weighted by Gasteiger charge is -2.15. The van der Waals surface area contributed by atoms with Crippen molar-refractivity contribution in [2.75, 3.05) is 20.7 Å². The first-order chi connectivity index (χ1) is 10.1. The molecule has 0 unspecified atom stereocenters. The Labute approximate surface area is 123 Å². The molecule has 3 rings (SSSR count). The number of nitrogens with zero attached hydrogens (tertiary/aromatic N) is 3. The summed E-state index contributed by atoms with van der Waals surface area (Å²) >= 11 is 0. The topological polar surface area (TPSA) is 76.5 Å². The van der Waals surface area contributed by atoms with Gasteiger partial charge in [0, 0.05) is 32.3 Å². The van der Waals surface area contributed by atoms with E-state index in [1.165, 1.54) is 4.90 Å². The minimum atomic E-state index is -0.225. The average molecular weight is 292 g/mol. The van der Waals surface area contributed by atoms with Crippen LogP contribution in [0.4, 0.5) is 0 Å². The van der Waals surface area contributed by atoms with Crippen molar-refractivity contribution in [3.05, 3.63) is 17.5 Å². The van der Waals surface area contributed by atoms with E-state index in [1.54, 1.807) is 24.9 Å². The molecule has 7 heteroatoms. The molecule has 1 aromatic rings. The van der Waals surface area contributed by atoms with Gasteiger partial charge in [0.15, 0.2) is 5.69 Å². The van der Waals surface area contributed by atoms with Gasteiger partial charge in [-0.1, -0.05) is 0 Å². The van der Waals surface area contributed by atoms with E-state index in [1.807, 2.05) is 0 Å². The normalized spacial score (nSPS) is 20.2. The molecule has 2 heterocycles. The van der Waals surface area contributed by atoms with E-state index < -0.39 is 0 Å². The Hall–Kier alpha value is -1.89. The Balaban J connectivity index is 1.58. The fourth-order valence-corrected chi connectivity index (χ4v) is 2.51. The predicted octanol–water partition coefficient (Wildman–Crippen LogP) is -0.195. The lowest BCUT2D eigenvalue weighted by molar-refractivity contribution is -0.121. The summed E-state index contributed by atoms with van der Waals surface area (Å²) in [7, 11) is 3.30. The molecule has 0 saturated heterocycles. The zero-order valence-corrected chi connectivity index (χ0v) is 12.3. The van der Waals surface area contributed by atoms with Gasteiger partial charge in [0.2, 0.25) is 5.91 Å². The molecule has 21 heavy (non-hydrogen) atoms. The van der Waals surface area contributed by atoms with E-state index in [4.69, 9.17) is 4.74 Å². The fraction of sp³-hybridized carbons (Fsp3) is 0.643. The van der Waals surface area contributed by atoms with Crippen LogP contribution in [0.2, 0.25) is 0 Å². The fourth-order valence-electron chi connectivity index (χ4n) is 2.51. The van der Waals surface area contributed by atoms with Crippen LogP contribution < -0.4 is 5.32 Å². The van der Waals surface area contributed by atoms with Gasteiger partial charge < -0.3 is 15.0 Å². The van der Waals surface area contributed by atoms with Crippen LogP contribution in [0.5, 0.6) is 0 Å². The largest absolute Gasteiger partial charge is 0.379 e. The Morgan fingerprint density at radius 2 is 2.29 bits per heavy atom. The second kappa shape index (κ2) is 5.48. The highest BCUT2D eigenvalue weighted by Gasteiger charge is 2.27. The van der Waals surface area contributed by atoms with E-state index in [0.717, 1.165) is 25.0 Å². The third-order valence-corrected chi connectivity index (χ3v) is 3.90. The van der Waals surface area contributed by atoms with Crippen molar-refractivity contribution in [3.8, 4) is 0 Å². The molecule has 2 amide bonds. The van der Waals surface area contributed by atoms with Crippen LogP contribution in [0.1, 0.15) is 29.0 Å². The Morgan fingerprint density at radius 1 is 1.52 bits per heavy atom. The standard InChI is InChI=1S/C14H20N4O3/c1-17(8-13(19)15-9-3-4-9)14(20)12-6-10-5-11(21-2)7-18(10)16-12/h6,9,11H,3-5,7-8H2,1-2H3,(H,15,19)/t11-/m0/s1. The van der Waals surface area contributed by atoms with Crippen molar-refractivity contribution < 1.29 is 14.3 Å². The van der Waals surface area contributed by atoms with Gasteiger partial charge in [-0.25, -0.2) is 0 Å². The number of methoxy groups -OCH3 is 1. The van der Waals surface area contributed by atoms with Crippen LogP contribution in [0.3, 0.4) is 0 Å². The zero-order valence-electron chi connectivity index (χ0n) is 12.3. The highest BCUT2D eigenvalue weighted by molar-refractivity contribution is 5.94. The molecule has 0 spiro atoms. The Morgan fingerprint density at radius 3 is 2.90 bits per heavy atom. The highest BCUT2D eigenvalue weighted by atomic mass is 16.5. The monoisotopic (exact) mass is 292 g/mol. The summed E-state index contributed by atoms with van der Waals surface area (Å²) in [5.74, 6) is -0.337. The number of rotatable bonds is 5. The number of hydrogen-bond acceptors (Lipinski definition) is 4. The van der Waals surface area contributed by atoms with Crippen LogP contribution in [0, 0.1) is 0 Å². The van der Waals surface area contributed by atoms with E-state index in [-0.39, 0.29) is 24.5 Å². The van der Waals surface area contributed by atoms with Gasteiger partial charge in [-0.2, -0.15) is 5.10 Å². The molecule has 114 valence electrons. The summed E-state index contributed by atoms with van der Waals surface area (Å²) in [6.45, 7) is 0.739. The van der Waals surface area contributed by atoms with Gasteiger partial charge in [-0.3, -0.25) is 14.3 Å². The lowest BCUT2D eigenvalue weighted by Crippen LogP contribution is -2.39. The number of hydrogen-bond donors (Lipinski definition) is 1. The maximum Gasteiger partial charge on any atom is 0.274 e. The second-order valence-electron chi connectivity index (χ2n) is 5.77. The number of likely N-dealkylation sites (N-methyl/N-ethyl adjacent to an activating group) is 1. The highest BCUT2D eigenvalue weighted by Crippen LogP contribution is 2.19. The van der Waals surface area contributed by atoms with Gasteiger partial charge >= 0.3 is 0 Å². The van der Waals surface area contributed by atoms with E-state index in [9.17, 15) is 9.59 Å². The number of nitrogens with one attached hydrogen (secondary N) is 1. The Kier molecular flexibility index (Phi) is 3.67. The second-order valence-corrected chi connectivity index (χ2v) is 5.77. The molecule has 1 aromatic heterocycles. The molecule has 2 aliphatic rings. The summed E-state index contributed by atoms with van der Waals surface area (Å²) in [6.07, 6.45) is 2.98. The van der Waals surface area contributed by atoms with E-state index >= 15 is 0 Å². The number of carbonyl (C=O) groups excluding carboxylic acids is 2. The van der Waals surface area contributed by atoms with Gasteiger partial charge in [-0.05, 0) is 18.9 Å². The van der Waals surface area contributed by atoms with Crippen LogP contribution in [0.15, 0.2) is 6.07 Å². The molecule has 1 fully saturated rings. The van der Waals surface area contributed by atoms with E-state index in [0.29, 0.717) is 18.3 Å². The molecule has 1 saturated carbocycles. The number of carbonyl (C=O) groups is 2. The molecular weight excluding hydrogens is 272 g/mol. The van der Waals surface area contributed by atoms with Crippen LogP contribution >= 0.6 is 0 Å². The molecule has 0 radical (unpaired) electrons. The number of fused-ring (bicyclic) bond motifs is 1. The first kappa shape index (κ1) is 14.1. The number of ether oxygens (including phenoxy) is 1. The lowest BCUT2D eigenvalue weighted by atomic mass is 10.2. The quantitative estimate of drug-likeness (QED) is 0.816. The summed E-state index contributed by atoms with van der Waals surface area (Å²) in [4.78, 5) is 25.4. The Bertz CT molecular complexity index is 541. The van der Waals surface area contributed by atoms with Gasteiger partial charge in [0.05, 0.1) is 19.2 Å². The maximum absolute atomic E-state index is 12.3. The SMILES string of the molecule is CO[C@H]1Cc2cc(C(=O)N(C)CC(=O)NC3CC3)nn2C1. The molecule has 1 aliphatic carbocycles. The molecule has 0 bridgehead atoms. The predicted molar refractivity (Wildman–Crippen MR) is 74.9 cm³/mol. The molecule has 1 atom stereocenters. The van der Waals surface area contributed by atoms with Crippen LogP contribution in [-0.4, -0.2) is 59.3 Å². The van der Waals surface area contributed by atoms with Gasteiger partial charge in [0.25, 0.3) is 5.91 Å². The third kappa shape index (κ3) is 3.07. The first-order valence-electron chi connectivity index (χ1n) is 7.21. The van der Waals surface area contributed by atoms with Crippen molar-refractivity contribution in [2.45, 2.75) is 38.0 Å². The van der Waals surface area contributed by atoms with Crippen LogP contribution in [-0.2, 0) is 22.5 Å². The van der Waals surface area contributed by atoms with Crippen LogP contribution in [0.25, 0.3) is 0 Å². The van der Waals surface area contributed by atoms with Crippen molar-refractivity contribution in [2.24, 2.45) is 0 Å². The average Bonchev–Trinajstić information content (AvgIpc) is 3.02. The zero-order chi connectivity index (χ0) is 15.0. The first-order valence-corrected chi connectivity index (χ1v) is 7.21. The molecular formula is C14H20N4O3. The molecule has 7 nitrogen and oxygen atoms in total. The van der Waals surface area contributed by atoms with Crippen molar-refractivity contribution in [1.29, 1.82) is 0 Å². The summed E-state index contributed by atoms with van der Waals surface area (Å²) in [5.41, 5.74) is 1.39. The summed E-state index contributed by atoms with van der Waals surface area (Å²) in [5, 5.41) is 7.17. The van der Waals surface area contributed by atoms with Crippen molar-refractivity contribution in [3.63, 3.8) is 0 Å². The summed E-state index contributed by atoms with van der Waals surface area (Å²) in [6, 6.07) is 2.10. The number of amides is 2. The number of aromatic nitrogens is 2. The third-order valence-electron chi connectivity index (χ3n) is 3.90. The minimum absolute atomic E-state index is 0.0677. The molecule has 0 aromatic carbocycles. The molecule has 1 aliphatic heterocycles. The van der Waals surface area contributed by atoms with Crippen molar-refractivity contribution >= 4 is 11.8 Å². The maximum atomic E-state index is 12.3. The smallest absolute Gasteiger partial charge is 0.274 e.